The lowest BCUT2D eigenvalue weighted by atomic mass is 10.0. The van der Waals surface area contributed by atoms with Crippen molar-refractivity contribution in [1.29, 1.82) is 0 Å². The molecule has 4 rings (SSSR count). The van der Waals surface area contributed by atoms with Crippen LogP contribution < -0.4 is 16.0 Å². The summed E-state index contributed by atoms with van der Waals surface area (Å²) >= 11 is 0. The number of ether oxygens (including phenoxy) is 1. The second kappa shape index (κ2) is 11.7. The van der Waals surface area contributed by atoms with Gasteiger partial charge in [-0.1, -0.05) is 17.3 Å². The van der Waals surface area contributed by atoms with Gasteiger partial charge in [-0.05, 0) is 42.3 Å². The summed E-state index contributed by atoms with van der Waals surface area (Å²) in [5, 5.41) is 10.7. The van der Waals surface area contributed by atoms with E-state index in [0.29, 0.717) is 5.56 Å². The normalized spacial score (nSPS) is 16.8. The van der Waals surface area contributed by atoms with Gasteiger partial charge in [0.25, 0.3) is 11.8 Å². The Labute approximate surface area is 224 Å². The van der Waals surface area contributed by atoms with E-state index in [9.17, 15) is 31.9 Å². The standard InChI is InChI=1S/C25H24F4N6O5/c1-13-17(11-40-34-13)22(36)33-21(14-3-5-16(26)6-4-14)23(37)32-20-9-15(7-8-30-20)18(12-39-2)35-10-19(25(27,28)29)31-24(35)38/h3-9,11,18-19,21H,10,12H2,1-2H3,(H,31,38)(H,33,36)(H,30,32,37)/t18-,19+,21+/m1/s1. The number of urea groups is 1. The van der Waals surface area contributed by atoms with Crippen LogP contribution in [0.5, 0.6) is 0 Å². The summed E-state index contributed by atoms with van der Waals surface area (Å²) < 4.78 is 63.1. The van der Waals surface area contributed by atoms with Gasteiger partial charge < -0.3 is 30.1 Å². The molecule has 3 heterocycles. The van der Waals surface area contributed by atoms with Gasteiger partial charge in [0.05, 0.1) is 24.9 Å². The summed E-state index contributed by atoms with van der Waals surface area (Å²) in [5.74, 6) is -2.00. The van der Waals surface area contributed by atoms with Crippen LogP contribution in [0.3, 0.4) is 0 Å². The molecule has 40 heavy (non-hydrogen) atoms. The highest BCUT2D eigenvalue weighted by Crippen LogP contribution is 2.31. The van der Waals surface area contributed by atoms with Crippen LogP contribution in [0.25, 0.3) is 0 Å². The predicted molar refractivity (Wildman–Crippen MR) is 130 cm³/mol. The van der Waals surface area contributed by atoms with Crippen molar-refractivity contribution in [3.63, 3.8) is 0 Å². The molecule has 1 fully saturated rings. The van der Waals surface area contributed by atoms with E-state index in [1.54, 1.807) is 0 Å². The van der Waals surface area contributed by atoms with Crippen LogP contribution in [0.4, 0.5) is 28.2 Å². The number of pyridine rings is 1. The molecule has 3 atom stereocenters. The minimum Gasteiger partial charge on any atom is -0.382 e. The van der Waals surface area contributed by atoms with Gasteiger partial charge >= 0.3 is 12.2 Å². The van der Waals surface area contributed by atoms with Gasteiger partial charge in [-0.25, -0.2) is 14.2 Å². The molecule has 3 N–H and O–H groups in total. The second-order valence-electron chi connectivity index (χ2n) is 8.90. The quantitative estimate of drug-likeness (QED) is 0.339. The van der Waals surface area contributed by atoms with Gasteiger partial charge in [-0.3, -0.25) is 9.59 Å². The number of carbonyl (C=O) groups excluding carboxylic acids is 3. The van der Waals surface area contributed by atoms with E-state index in [1.807, 2.05) is 5.32 Å². The van der Waals surface area contributed by atoms with Crippen molar-refractivity contribution in [3.05, 3.63) is 77.1 Å². The van der Waals surface area contributed by atoms with Gasteiger partial charge in [0.1, 0.15) is 35.5 Å². The maximum Gasteiger partial charge on any atom is 0.410 e. The molecule has 1 aromatic carbocycles. The lowest BCUT2D eigenvalue weighted by Gasteiger charge is -2.27. The number of amides is 4. The van der Waals surface area contributed by atoms with Gasteiger partial charge in [-0.15, -0.1) is 0 Å². The molecule has 2 aromatic heterocycles. The minimum absolute atomic E-state index is 0.0156. The lowest BCUT2D eigenvalue weighted by molar-refractivity contribution is -0.150. The zero-order valence-corrected chi connectivity index (χ0v) is 21.2. The number of anilines is 1. The monoisotopic (exact) mass is 564 g/mol. The molecule has 0 saturated carbocycles. The molecule has 1 aliphatic rings. The highest BCUT2D eigenvalue weighted by Gasteiger charge is 2.48. The molecule has 0 unspecified atom stereocenters. The van der Waals surface area contributed by atoms with Crippen LogP contribution in [0.2, 0.25) is 0 Å². The Morgan fingerprint density at radius 1 is 1.23 bits per heavy atom. The number of halogens is 4. The van der Waals surface area contributed by atoms with Gasteiger partial charge in [-0.2, -0.15) is 13.2 Å². The number of rotatable bonds is 9. The number of alkyl halides is 3. The van der Waals surface area contributed by atoms with Crippen molar-refractivity contribution in [3.8, 4) is 0 Å². The van der Waals surface area contributed by atoms with Crippen LogP contribution in [0, 0.1) is 12.7 Å². The highest BCUT2D eigenvalue weighted by atomic mass is 19.4. The third-order valence-electron chi connectivity index (χ3n) is 6.19. The molecule has 0 bridgehead atoms. The molecule has 0 spiro atoms. The SMILES string of the molecule is COC[C@H](c1ccnc(NC(=O)[C@@H](NC(=O)c2conc2C)c2ccc(F)cc2)c1)N1C[C@@H](C(F)(F)F)NC1=O. The average Bonchev–Trinajstić information content (AvgIpc) is 3.52. The van der Waals surface area contributed by atoms with Crippen molar-refractivity contribution >= 4 is 23.7 Å². The molecule has 0 aliphatic carbocycles. The second-order valence-corrected chi connectivity index (χ2v) is 8.90. The minimum atomic E-state index is -4.63. The van der Waals surface area contributed by atoms with E-state index in [2.05, 4.69) is 20.8 Å². The Morgan fingerprint density at radius 2 is 1.95 bits per heavy atom. The van der Waals surface area contributed by atoms with Crippen molar-refractivity contribution in [2.75, 3.05) is 25.6 Å². The van der Waals surface area contributed by atoms with Crippen LogP contribution >= 0.6 is 0 Å². The fraction of sp³-hybridized carbons (Fsp3) is 0.320. The van der Waals surface area contributed by atoms with Gasteiger partial charge in [0, 0.05) is 13.3 Å². The first-order valence-corrected chi connectivity index (χ1v) is 11.8. The summed E-state index contributed by atoms with van der Waals surface area (Å²) in [7, 11) is 1.33. The zero-order valence-electron chi connectivity index (χ0n) is 21.2. The van der Waals surface area contributed by atoms with Crippen molar-refractivity contribution in [2.45, 2.75) is 31.2 Å². The number of methoxy groups -OCH3 is 1. The molecule has 0 radical (unpaired) electrons. The molecule has 212 valence electrons. The largest absolute Gasteiger partial charge is 0.410 e. The van der Waals surface area contributed by atoms with Crippen molar-refractivity contribution in [1.82, 2.24) is 25.7 Å². The molecule has 4 amide bonds. The average molecular weight is 564 g/mol. The Kier molecular flexibility index (Phi) is 8.32. The smallest absolute Gasteiger partial charge is 0.382 e. The van der Waals surface area contributed by atoms with E-state index in [0.717, 1.165) is 23.3 Å². The number of carbonyl (C=O) groups is 3. The Bertz CT molecular complexity index is 1380. The number of nitrogens with one attached hydrogen (secondary N) is 3. The maximum atomic E-state index is 13.5. The zero-order chi connectivity index (χ0) is 29.0. The molecule has 11 nitrogen and oxygen atoms in total. The van der Waals surface area contributed by atoms with Crippen LogP contribution in [-0.2, 0) is 9.53 Å². The summed E-state index contributed by atoms with van der Waals surface area (Å²) in [6, 6.07) is 2.53. The molecular weight excluding hydrogens is 540 g/mol. The molecule has 15 heteroatoms. The van der Waals surface area contributed by atoms with Crippen LogP contribution in [-0.4, -0.2) is 65.4 Å². The third-order valence-corrected chi connectivity index (χ3v) is 6.19. The topological polar surface area (TPSA) is 139 Å². The third kappa shape index (κ3) is 6.36. The number of nitrogens with zero attached hydrogens (tertiary/aromatic N) is 3. The molecule has 1 saturated heterocycles. The summed E-state index contributed by atoms with van der Waals surface area (Å²) in [6.07, 6.45) is -2.22. The predicted octanol–water partition coefficient (Wildman–Crippen LogP) is 3.27. The number of aryl methyl sites for hydroxylation is 1. The first-order chi connectivity index (χ1) is 19.0. The van der Waals surface area contributed by atoms with Gasteiger partial charge in [0.2, 0.25) is 0 Å². The number of aromatic nitrogens is 2. The van der Waals surface area contributed by atoms with E-state index < -0.39 is 54.5 Å². The van der Waals surface area contributed by atoms with E-state index in [4.69, 9.17) is 9.26 Å². The summed E-state index contributed by atoms with van der Waals surface area (Å²) in [4.78, 5) is 43.6. The molecular formula is C25H24F4N6O5. The lowest BCUT2D eigenvalue weighted by Crippen LogP contribution is -2.40. The summed E-state index contributed by atoms with van der Waals surface area (Å²) in [6.45, 7) is 0.762. The Balaban J connectivity index is 1.58. The van der Waals surface area contributed by atoms with Gasteiger partial charge in [0.15, 0.2) is 0 Å². The van der Waals surface area contributed by atoms with E-state index in [-0.39, 0.29) is 29.2 Å². The first-order valence-electron chi connectivity index (χ1n) is 11.8. The first kappa shape index (κ1) is 28.5. The van der Waals surface area contributed by atoms with Crippen LogP contribution in [0.15, 0.2) is 53.4 Å². The fourth-order valence-corrected chi connectivity index (χ4v) is 4.13. The number of benzene rings is 1. The fourth-order valence-electron chi connectivity index (χ4n) is 4.13. The number of hydrogen-bond acceptors (Lipinski definition) is 7. The summed E-state index contributed by atoms with van der Waals surface area (Å²) in [5.41, 5.74) is 0.964. The molecule has 1 aliphatic heterocycles. The Morgan fingerprint density at radius 3 is 2.55 bits per heavy atom. The van der Waals surface area contributed by atoms with Crippen molar-refractivity contribution in [2.24, 2.45) is 0 Å². The van der Waals surface area contributed by atoms with E-state index in [1.165, 1.54) is 44.5 Å². The van der Waals surface area contributed by atoms with E-state index >= 15 is 0 Å². The number of hydrogen-bond donors (Lipinski definition) is 3. The van der Waals surface area contributed by atoms with Crippen LogP contribution in [0.1, 0.15) is 39.3 Å². The maximum absolute atomic E-state index is 13.5. The Hall–Kier alpha value is -4.53. The molecule has 3 aromatic rings. The van der Waals surface area contributed by atoms with Crippen molar-refractivity contribution < 1.29 is 41.2 Å². The highest BCUT2D eigenvalue weighted by molar-refractivity contribution is 6.01.